The molecular formula is C18H20N2O5. The number of Topliss-reactive ketones (excluding diaryl/α,β-unsaturated/α-hetero) is 1. The molecule has 1 amide bonds. The molecule has 1 aromatic rings. The molecule has 7 nitrogen and oxygen atoms in total. The van der Waals surface area contributed by atoms with Crippen molar-refractivity contribution in [2.75, 3.05) is 6.61 Å². The molecule has 2 rings (SSSR count). The molecule has 0 atom stereocenters. The maximum absolute atomic E-state index is 12.0. The van der Waals surface area contributed by atoms with Crippen LogP contribution < -0.4 is 10.1 Å². The van der Waals surface area contributed by atoms with Crippen LogP contribution in [0.15, 0.2) is 36.0 Å². The van der Waals surface area contributed by atoms with Gasteiger partial charge < -0.3 is 10.1 Å². The number of rotatable bonds is 7. The van der Waals surface area contributed by atoms with Crippen molar-refractivity contribution in [2.45, 2.75) is 32.6 Å². The van der Waals surface area contributed by atoms with Crippen LogP contribution in [-0.4, -0.2) is 23.2 Å². The predicted octanol–water partition coefficient (Wildman–Crippen LogP) is 3.15. The maximum atomic E-state index is 12.0. The average Bonchev–Trinajstić information content (AvgIpc) is 2.55. The number of nitrogens with zero attached hydrogens (tertiary/aromatic N) is 1. The first-order valence-corrected chi connectivity index (χ1v) is 8.07. The fraction of sp³-hybridized carbons (Fsp3) is 0.333. The zero-order chi connectivity index (χ0) is 18.4. The fourth-order valence-corrected chi connectivity index (χ4v) is 2.42. The van der Waals surface area contributed by atoms with Gasteiger partial charge in [0.05, 0.1) is 23.5 Å². The Balaban J connectivity index is 2.25. The number of ketones is 1. The lowest BCUT2D eigenvalue weighted by Gasteiger charge is -2.16. The Morgan fingerprint density at radius 3 is 2.76 bits per heavy atom. The van der Waals surface area contributed by atoms with E-state index in [9.17, 15) is 19.7 Å². The lowest BCUT2D eigenvalue weighted by molar-refractivity contribution is -0.385. The number of carbonyl (C=O) groups is 2. The number of nitro benzene ring substituents is 1. The normalized spacial score (nSPS) is 16.0. The molecule has 1 heterocycles. The molecule has 7 heteroatoms. The van der Waals surface area contributed by atoms with Gasteiger partial charge in [-0.2, -0.15) is 0 Å². The highest BCUT2D eigenvalue weighted by molar-refractivity contribution is 6.25. The molecule has 0 spiro atoms. The summed E-state index contributed by atoms with van der Waals surface area (Å²) < 4.78 is 5.48. The highest BCUT2D eigenvalue weighted by Crippen LogP contribution is 2.29. The smallest absolute Gasteiger partial charge is 0.311 e. The first-order valence-electron chi connectivity index (χ1n) is 8.07. The van der Waals surface area contributed by atoms with E-state index in [1.807, 2.05) is 0 Å². The second kappa shape index (κ2) is 8.23. The van der Waals surface area contributed by atoms with E-state index >= 15 is 0 Å². The van der Waals surface area contributed by atoms with Crippen LogP contribution >= 0.6 is 0 Å². The minimum absolute atomic E-state index is 0.0261. The number of ether oxygens (including phenoxy) is 1. The van der Waals surface area contributed by atoms with Gasteiger partial charge in [0.25, 0.3) is 5.91 Å². The molecular weight excluding hydrogens is 324 g/mol. The molecule has 0 unspecified atom stereocenters. The van der Waals surface area contributed by atoms with E-state index in [-0.39, 0.29) is 29.2 Å². The van der Waals surface area contributed by atoms with Crippen LogP contribution in [0.2, 0.25) is 0 Å². The first-order chi connectivity index (χ1) is 11.9. The van der Waals surface area contributed by atoms with E-state index < -0.39 is 10.8 Å². The molecule has 1 N–H and O–H groups in total. The first kappa shape index (κ1) is 18.4. The number of nitro groups is 1. The largest absolute Gasteiger partial charge is 0.487 e. The van der Waals surface area contributed by atoms with Gasteiger partial charge in [-0.1, -0.05) is 32.4 Å². The third-order valence-corrected chi connectivity index (χ3v) is 3.71. The number of carbonyl (C=O) groups excluding carboxylic acids is 2. The number of piperidine rings is 1. The highest BCUT2D eigenvalue weighted by atomic mass is 16.6. The van der Waals surface area contributed by atoms with Crippen molar-refractivity contribution in [3.63, 3.8) is 0 Å². The summed E-state index contributed by atoms with van der Waals surface area (Å²) in [7, 11) is 0. The number of benzene rings is 1. The minimum Gasteiger partial charge on any atom is -0.487 e. The number of hydrogen-bond acceptors (Lipinski definition) is 5. The van der Waals surface area contributed by atoms with Crippen LogP contribution in [0, 0.1) is 10.1 Å². The maximum Gasteiger partial charge on any atom is 0.311 e. The van der Waals surface area contributed by atoms with Crippen molar-refractivity contribution in [3.05, 3.63) is 51.7 Å². The van der Waals surface area contributed by atoms with Crippen molar-refractivity contribution < 1.29 is 19.2 Å². The number of hydrogen-bond donors (Lipinski definition) is 1. The number of amides is 1. The summed E-state index contributed by atoms with van der Waals surface area (Å²) in [5.74, 6) is -0.740. The van der Waals surface area contributed by atoms with Crippen molar-refractivity contribution in [1.82, 2.24) is 5.32 Å². The van der Waals surface area contributed by atoms with Crippen molar-refractivity contribution in [2.24, 2.45) is 0 Å². The summed E-state index contributed by atoms with van der Waals surface area (Å²) >= 11 is 0. The van der Waals surface area contributed by atoms with Gasteiger partial charge in [-0.15, -0.1) is 0 Å². The molecule has 1 aliphatic rings. The van der Waals surface area contributed by atoms with Crippen molar-refractivity contribution >= 4 is 23.5 Å². The topological polar surface area (TPSA) is 98.5 Å². The molecule has 1 aliphatic heterocycles. The van der Waals surface area contributed by atoms with Crippen LogP contribution in [-0.2, 0) is 9.59 Å². The molecule has 0 aromatic heterocycles. The van der Waals surface area contributed by atoms with Gasteiger partial charge >= 0.3 is 5.69 Å². The van der Waals surface area contributed by atoms with E-state index in [1.165, 1.54) is 18.2 Å². The number of nitrogens with one attached hydrogen (secondary N) is 1. The van der Waals surface area contributed by atoms with Gasteiger partial charge in [0, 0.05) is 11.8 Å². The molecule has 0 aliphatic carbocycles. The summed E-state index contributed by atoms with van der Waals surface area (Å²) in [6, 6.07) is 4.37. The molecule has 0 saturated carbocycles. The van der Waals surface area contributed by atoms with Gasteiger partial charge in [-0.3, -0.25) is 19.7 Å². The molecule has 1 saturated heterocycles. The average molecular weight is 344 g/mol. The van der Waals surface area contributed by atoms with Crippen LogP contribution in [0.5, 0.6) is 5.75 Å². The number of allylic oxidation sites excluding steroid dienone is 1. The molecule has 0 radical (unpaired) electrons. The van der Waals surface area contributed by atoms with Gasteiger partial charge in [-0.25, -0.2) is 0 Å². The third kappa shape index (κ3) is 4.76. The SMILES string of the molecule is C=C1CC(=O)/C(=C\c2ccc(OCCCCC)c([N+](=O)[O-])c2)C(=O)N1. The van der Waals surface area contributed by atoms with Gasteiger partial charge in [-0.05, 0) is 24.1 Å². The van der Waals surface area contributed by atoms with Crippen molar-refractivity contribution in [3.8, 4) is 5.75 Å². The summed E-state index contributed by atoms with van der Waals surface area (Å²) in [6.45, 7) is 6.02. The minimum atomic E-state index is -0.552. The Morgan fingerprint density at radius 1 is 1.36 bits per heavy atom. The van der Waals surface area contributed by atoms with E-state index in [2.05, 4.69) is 18.8 Å². The van der Waals surface area contributed by atoms with Crippen LogP contribution in [0.3, 0.4) is 0 Å². The second-order valence-corrected chi connectivity index (χ2v) is 5.76. The van der Waals surface area contributed by atoms with Gasteiger partial charge in [0.2, 0.25) is 0 Å². The van der Waals surface area contributed by atoms with Crippen LogP contribution in [0.25, 0.3) is 6.08 Å². The summed E-state index contributed by atoms with van der Waals surface area (Å²) in [5.41, 5.74) is 0.491. The summed E-state index contributed by atoms with van der Waals surface area (Å²) in [6.07, 6.45) is 4.20. The number of unbranched alkanes of at least 4 members (excludes halogenated alkanes) is 2. The zero-order valence-electron chi connectivity index (χ0n) is 14.0. The molecule has 25 heavy (non-hydrogen) atoms. The molecule has 1 fully saturated rings. The molecule has 1 aromatic carbocycles. The van der Waals surface area contributed by atoms with E-state index in [1.54, 1.807) is 6.07 Å². The van der Waals surface area contributed by atoms with E-state index in [0.717, 1.165) is 19.3 Å². The summed E-state index contributed by atoms with van der Waals surface area (Å²) in [5, 5.41) is 13.8. The van der Waals surface area contributed by atoms with Crippen LogP contribution in [0.4, 0.5) is 5.69 Å². The second-order valence-electron chi connectivity index (χ2n) is 5.76. The lowest BCUT2D eigenvalue weighted by atomic mass is 9.99. The Kier molecular flexibility index (Phi) is 6.05. The Bertz CT molecular complexity index is 730. The van der Waals surface area contributed by atoms with Crippen molar-refractivity contribution in [1.29, 1.82) is 0 Å². The van der Waals surface area contributed by atoms with Gasteiger partial charge in [0.15, 0.2) is 11.5 Å². The monoisotopic (exact) mass is 344 g/mol. The quantitative estimate of drug-likeness (QED) is 0.269. The molecule has 0 bridgehead atoms. The summed E-state index contributed by atoms with van der Waals surface area (Å²) in [4.78, 5) is 34.6. The predicted molar refractivity (Wildman–Crippen MR) is 93.0 cm³/mol. The van der Waals surface area contributed by atoms with Gasteiger partial charge in [0.1, 0.15) is 0 Å². The third-order valence-electron chi connectivity index (χ3n) is 3.71. The molecule has 132 valence electrons. The Labute approximate surface area is 145 Å². The highest BCUT2D eigenvalue weighted by Gasteiger charge is 2.25. The van der Waals surface area contributed by atoms with E-state index in [0.29, 0.717) is 17.9 Å². The Morgan fingerprint density at radius 2 is 2.12 bits per heavy atom. The Hall–Kier alpha value is -2.96. The van der Waals surface area contributed by atoms with E-state index in [4.69, 9.17) is 4.74 Å². The lowest BCUT2D eigenvalue weighted by Crippen LogP contribution is -2.34. The van der Waals surface area contributed by atoms with Crippen LogP contribution in [0.1, 0.15) is 38.2 Å². The zero-order valence-corrected chi connectivity index (χ0v) is 14.0. The fourth-order valence-electron chi connectivity index (χ4n) is 2.42. The standard InChI is InChI=1S/C18H20N2O5/c1-3-4-5-8-25-17-7-6-13(11-15(17)20(23)24)10-14-16(21)9-12(2)19-18(14)22/h6-7,10-11H,2-5,8-9H2,1H3,(H,19,22)/b14-10+.